The van der Waals surface area contributed by atoms with Crippen molar-refractivity contribution in [2.45, 2.75) is 40.2 Å². The number of aromatic nitrogens is 2. The fourth-order valence-electron chi connectivity index (χ4n) is 1.68. The molecule has 0 amide bonds. The minimum atomic E-state index is -0.278. The van der Waals surface area contributed by atoms with Crippen LogP contribution >= 0.6 is 0 Å². The first-order valence-corrected chi connectivity index (χ1v) is 6.62. The number of halogens is 1. The quantitative estimate of drug-likeness (QED) is 0.936. The summed E-state index contributed by atoms with van der Waals surface area (Å²) in [4.78, 5) is 4.28. The highest BCUT2D eigenvalue weighted by Crippen LogP contribution is 2.22. The summed E-state index contributed by atoms with van der Waals surface area (Å²) < 4.78 is 18.7. The molecule has 2 rings (SSSR count). The van der Waals surface area contributed by atoms with Crippen LogP contribution in [0.1, 0.15) is 32.2 Å². The number of nitrogens with two attached hydrogens (primary N) is 1. The van der Waals surface area contributed by atoms with Crippen molar-refractivity contribution in [3.8, 4) is 11.4 Å². The summed E-state index contributed by atoms with van der Waals surface area (Å²) in [5.41, 5.74) is 7.24. The largest absolute Gasteiger partial charge is 0.339 e. The Morgan fingerprint density at radius 2 is 2.05 bits per heavy atom. The van der Waals surface area contributed by atoms with Gasteiger partial charge in [-0.05, 0) is 24.0 Å². The SMILES string of the molecule is Cc1ccc(-c2noc(CC(N)C(C)(C)C)n2)cc1F. The van der Waals surface area contributed by atoms with Gasteiger partial charge in [0, 0.05) is 18.0 Å². The van der Waals surface area contributed by atoms with E-state index in [0.29, 0.717) is 29.3 Å². The average Bonchev–Trinajstić information content (AvgIpc) is 2.80. The molecule has 0 aliphatic carbocycles. The van der Waals surface area contributed by atoms with E-state index in [9.17, 15) is 4.39 Å². The molecule has 1 atom stereocenters. The lowest BCUT2D eigenvalue weighted by atomic mass is 9.85. The second-order valence-corrected chi connectivity index (χ2v) is 6.15. The number of hydrogen-bond donors (Lipinski definition) is 1. The van der Waals surface area contributed by atoms with Crippen LogP contribution in [0.2, 0.25) is 0 Å². The standard InChI is InChI=1S/C15H20FN3O/c1-9-5-6-10(7-11(9)16)14-18-13(20-19-14)8-12(17)15(2,3)4/h5-7,12H,8,17H2,1-4H3. The molecule has 2 N–H and O–H groups in total. The van der Waals surface area contributed by atoms with Crippen LogP contribution in [0.15, 0.2) is 22.7 Å². The van der Waals surface area contributed by atoms with Crippen LogP contribution in [0.5, 0.6) is 0 Å². The molecule has 0 spiro atoms. The zero-order valence-electron chi connectivity index (χ0n) is 12.3. The van der Waals surface area contributed by atoms with Gasteiger partial charge in [0.1, 0.15) is 5.82 Å². The third-order valence-electron chi connectivity index (χ3n) is 3.41. The maximum Gasteiger partial charge on any atom is 0.228 e. The van der Waals surface area contributed by atoms with Crippen molar-refractivity contribution < 1.29 is 8.91 Å². The highest BCUT2D eigenvalue weighted by Gasteiger charge is 2.23. The molecule has 1 heterocycles. The average molecular weight is 277 g/mol. The van der Waals surface area contributed by atoms with E-state index < -0.39 is 0 Å². The van der Waals surface area contributed by atoms with Crippen molar-refractivity contribution in [1.29, 1.82) is 0 Å². The molecule has 0 radical (unpaired) electrons. The van der Waals surface area contributed by atoms with E-state index >= 15 is 0 Å². The molecule has 1 aromatic carbocycles. The maximum atomic E-state index is 13.5. The molecule has 0 aliphatic rings. The molecule has 108 valence electrons. The fourth-order valence-corrected chi connectivity index (χ4v) is 1.68. The smallest absolute Gasteiger partial charge is 0.228 e. The molecule has 0 fully saturated rings. The Labute approximate surface area is 118 Å². The van der Waals surface area contributed by atoms with Gasteiger partial charge in [0.25, 0.3) is 0 Å². The Morgan fingerprint density at radius 3 is 2.65 bits per heavy atom. The molecule has 0 aliphatic heterocycles. The Balaban J connectivity index is 2.18. The zero-order valence-corrected chi connectivity index (χ0v) is 12.3. The van der Waals surface area contributed by atoms with Crippen molar-refractivity contribution in [2.75, 3.05) is 0 Å². The Morgan fingerprint density at radius 1 is 1.35 bits per heavy atom. The number of nitrogens with zero attached hydrogens (tertiary/aromatic N) is 2. The van der Waals surface area contributed by atoms with Crippen molar-refractivity contribution >= 4 is 0 Å². The first-order chi connectivity index (χ1) is 9.27. The van der Waals surface area contributed by atoms with Crippen LogP contribution in [0, 0.1) is 18.2 Å². The van der Waals surface area contributed by atoms with E-state index in [1.54, 1.807) is 19.1 Å². The fraction of sp³-hybridized carbons (Fsp3) is 0.467. The predicted molar refractivity (Wildman–Crippen MR) is 75.6 cm³/mol. The molecule has 0 saturated carbocycles. The molecule has 1 unspecified atom stereocenters. The Bertz CT molecular complexity index is 601. The summed E-state index contributed by atoms with van der Waals surface area (Å²) in [5.74, 6) is 0.587. The van der Waals surface area contributed by atoms with E-state index in [-0.39, 0.29) is 17.3 Å². The van der Waals surface area contributed by atoms with Crippen LogP contribution in [0.3, 0.4) is 0 Å². The zero-order chi connectivity index (χ0) is 14.9. The molecule has 2 aromatic rings. The maximum absolute atomic E-state index is 13.5. The topological polar surface area (TPSA) is 64.9 Å². The van der Waals surface area contributed by atoms with Gasteiger partial charge in [-0.1, -0.05) is 38.1 Å². The minimum Gasteiger partial charge on any atom is -0.339 e. The Hall–Kier alpha value is -1.75. The van der Waals surface area contributed by atoms with Gasteiger partial charge in [0.2, 0.25) is 11.7 Å². The lowest BCUT2D eigenvalue weighted by Crippen LogP contribution is -2.36. The van der Waals surface area contributed by atoms with E-state index in [0.717, 1.165) is 0 Å². The van der Waals surface area contributed by atoms with E-state index in [2.05, 4.69) is 30.9 Å². The lowest BCUT2D eigenvalue weighted by molar-refractivity contribution is 0.286. The van der Waals surface area contributed by atoms with Gasteiger partial charge >= 0.3 is 0 Å². The molecular formula is C15H20FN3O. The molecular weight excluding hydrogens is 257 g/mol. The number of hydrogen-bond acceptors (Lipinski definition) is 4. The van der Waals surface area contributed by atoms with Crippen LogP contribution in [-0.4, -0.2) is 16.2 Å². The van der Waals surface area contributed by atoms with Gasteiger partial charge in [0.05, 0.1) is 0 Å². The molecule has 5 heteroatoms. The van der Waals surface area contributed by atoms with Gasteiger partial charge in [0.15, 0.2) is 0 Å². The van der Waals surface area contributed by atoms with Crippen LogP contribution in [0.4, 0.5) is 4.39 Å². The van der Waals surface area contributed by atoms with Crippen LogP contribution in [0.25, 0.3) is 11.4 Å². The third kappa shape index (κ3) is 3.22. The van der Waals surface area contributed by atoms with Crippen molar-refractivity contribution in [3.63, 3.8) is 0 Å². The Kier molecular flexibility index (Phi) is 3.90. The van der Waals surface area contributed by atoms with E-state index in [1.807, 2.05) is 0 Å². The normalized spacial score (nSPS) is 13.5. The summed E-state index contributed by atoms with van der Waals surface area (Å²) in [6.07, 6.45) is 0.505. The number of aryl methyl sites for hydroxylation is 1. The molecule has 0 saturated heterocycles. The molecule has 0 bridgehead atoms. The van der Waals surface area contributed by atoms with Crippen molar-refractivity contribution in [1.82, 2.24) is 10.1 Å². The second-order valence-electron chi connectivity index (χ2n) is 6.15. The predicted octanol–water partition coefficient (Wildman–Crippen LogP) is 3.10. The highest BCUT2D eigenvalue weighted by atomic mass is 19.1. The minimum absolute atomic E-state index is 0.0371. The van der Waals surface area contributed by atoms with Gasteiger partial charge in [-0.2, -0.15) is 4.98 Å². The highest BCUT2D eigenvalue weighted by molar-refractivity contribution is 5.54. The molecule has 1 aromatic heterocycles. The van der Waals surface area contributed by atoms with Crippen LogP contribution < -0.4 is 5.73 Å². The van der Waals surface area contributed by atoms with Crippen molar-refractivity contribution in [2.24, 2.45) is 11.1 Å². The summed E-state index contributed by atoms with van der Waals surface area (Å²) in [6.45, 7) is 7.89. The second kappa shape index (κ2) is 5.32. The van der Waals surface area contributed by atoms with Gasteiger partial charge < -0.3 is 10.3 Å². The monoisotopic (exact) mass is 277 g/mol. The summed E-state index contributed by atoms with van der Waals surface area (Å²) in [5, 5.41) is 3.88. The van der Waals surface area contributed by atoms with Gasteiger partial charge in [-0.25, -0.2) is 4.39 Å². The van der Waals surface area contributed by atoms with Crippen molar-refractivity contribution in [3.05, 3.63) is 35.5 Å². The van der Waals surface area contributed by atoms with Crippen LogP contribution in [-0.2, 0) is 6.42 Å². The molecule has 20 heavy (non-hydrogen) atoms. The lowest BCUT2D eigenvalue weighted by Gasteiger charge is -2.25. The third-order valence-corrected chi connectivity index (χ3v) is 3.41. The molecule has 4 nitrogen and oxygen atoms in total. The summed E-state index contributed by atoms with van der Waals surface area (Å²) in [7, 11) is 0. The van der Waals surface area contributed by atoms with E-state index in [1.165, 1.54) is 6.07 Å². The van der Waals surface area contributed by atoms with Gasteiger partial charge in [-0.15, -0.1) is 0 Å². The first kappa shape index (κ1) is 14.7. The van der Waals surface area contributed by atoms with Gasteiger partial charge in [-0.3, -0.25) is 0 Å². The summed E-state index contributed by atoms with van der Waals surface area (Å²) in [6, 6.07) is 4.80. The van der Waals surface area contributed by atoms with E-state index in [4.69, 9.17) is 10.3 Å². The number of benzene rings is 1. The number of rotatable bonds is 3. The summed E-state index contributed by atoms with van der Waals surface area (Å²) >= 11 is 0. The first-order valence-electron chi connectivity index (χ1n) is 6.62.